The van der Waals surface area contributed by atoms with E-state index in [-0.39, 0.29) is 23.1 Å². The monoisotopic (exact) mass is 383 g/mol. The largest absolute Gasteiger partial charge is 0.481 e. The molecule has 142 valence electrons. The van der Waals surface area contributed by atoms with Gasteiger partial charge >= 0.3 is 11.9 Å². The van der Waals surface area contributed by atoms with Crippen LogP contribution in [0.5, 0.6) is 0 Å². The summed E-state index contributed by atoms with van der Waals surface area (Å²) in [6.45, 7) is 5.67. The Morgan fingerprint density at radius 2 is 2.04 bits per heavy atom. The number of aromatic amines is 1. The summed E-state index contributed by atoms with van der Waals surface area (Å²) in [5, 5.41) is 8.82. The lowest BCUT2D eigenvalue weighted by Crippen LogP contribution is -2.24. The fourth-order valence-electron chi connectivity index (χ4n) is 2.33. The van der Waals surface area contributed by atoms with Crippen molar-refractivity contribution >= 4 is 35.2 Å². The lowest BCUT2D eigenvalue weighted by molar-refractivity contribution is -0.160. The second-order valence-electron chi connectivity index (χ2n) is 6.00. The molecule has 0 fully saturated rings. The Morgan fingerprint density at radius 1 is 1.35 bits per heavy atom. The average molecular weight is 383 g/mol. The van der Waals surface area contributed by atoms with Gasteiger partial charge in [0.05, 0.1) is 18.2 Å². The van der Waals surface area contributed by atoms with E-state index < -0.39 is 23.4 Å². The van der Waals surface area contributed by atoms with Crippen LogP contribution in [-0.4, -0.2) is 43.9 Å². The Bertz CT molecular complexity index is 926. The van der Waals surface area contributed by atoms with E-state index in [1.165, 1.54) is 11.5 Å². The minimum atomic E-state index is -1.28. The zero-order valence-corrected chi connectivity index (χ0v) is 15.5. The van der Waals surface area contributed by atoms with Crippen LogP contribution in [0.15, 0.2) is 17.1 Å². The number of nitrogens with one attached hydrogen (secondary N) is 1. The lowest BCUT2D eigenvalue weighted by Gasteiger charge is -2.12. The molecule has 0 amide bonds. The van der Waals surface area contributed by atoms with Crippen LogP contribution >= 0.6 is 12.2 Å². The molecular weight excluding hydrogens is 362 g/mol. The van der Waals surface area contributed by atoms with E-state index in [1.54, 1.807) is 16.8 Å². The van der Waals surface area contributed by atoms with Crippen molar-refractivity contribution in [2.24, 2.45) is 5.92 Å². The van der Waals surface area contributed by atoms with Gasteiger partial charge in [-0.2, -0.15) is 0 Å². The minimum absolute atomic E-state index is 0.0719. The molecule has 2 heterocycles. The number of fused-ring (bicyclic) bond motifs is 1. The average Bonchev–Trinajstić information content (AvgIpc) is 2.98. The summed E-state index contributed by atoms with van der Waals surface area (Å²) < 4.78 is 13.9. The number of carbonyl (C=O) groups excluding carboxylic acids is 1. The van der Waals surface area contributed by atoms with Crippen molar-refractivity contribution in [2.75, 3.05) is 6.61 Å². The van der Waals surface area contributed by atoms with Crippen LogP contribution in [-0.2, 0) is 32.3 Å². The zero-order valence-electron chi connectivity index (χ0n) is 14.7. The highest BCUT2D eigenvalue weighted by Crippen LogP contribution is 2.13. The number of carboxylic acids is 1. The lowest BCUT2D eigenvalue weighted by atomic mass is 10.2. The SMILES string of the molecule is CC(C)OCCn1c(=S)[nH]c(=O)c2c1ccn2COC(=O)C(C)C(=O)O. The molecule has 0 saturated heterocycles. The Hall–Kier alpha value is -2.46. The normalized spacial score (nSPS) is 12.5. The predicted octanol–water partition coefficient (Wildman–Crippen LogP) is 1.51. The highest BCUT2D eigenvalue weighted by Gasteiger charge is 2.22. The van der Waals surface area contributed by atoms with Crippen LogP contribution < -0.4 is 5.56 Å². The molecule has 0 bridgehead atoms. The first-order chi connectivity index (χ1) is 12.2. The van der Waals surface area contributed by atoms with E-state index in [0.29, 0.717) is 18.7 Å². The van der Waals surface area contributed by atoms with Gasteiger partial charge < -0.3 is 23.7 Å². The molecule has 2 aromatic rings. The van der Waals surface area contributed by atoms with Crippen LogP contribution in [0.3, 0.4) is 0 Å². The van der Waals surface area contributed by atoms with E-state index in [0.717, 1.165) is 0 Å². The molecule has 0 aliphatic rings. The summed E-state index contributed by atoms with van der Waals surface area (Å²) in [7, 11) is 0. The van der Waals surface area contributed by atoms with Gasteiger partial charge in [0, 0.05) is 12.7 Å². The number of hydrogen-bond acceptors (Lipinski definition) is 6. The molecule has 2 rings (SSSR count). The number of ether oxygens (including phenoxy) is 2. The van der Waals surface area contributed by atoms with Crippen molar-refractivity contribution in [3.05, 3.63) is 27.4 Å². The van der Waals surface area contributed by atoms with Gasteiger partial charge in [0.15, 0.2) is 17.4 Å². The molecule has 9 nitrogen and oxygen atoms in total. The second kappa shape index (κ2) is 8.28. The van der Waals surface area contributed by atoms with E-state index >= 15 is 0 Å². The molecule has 0 aliphatic carbocycles. The first-order valence-corrected chi connectivity index (χ1v) is 8.46. The van der Waals surface area contributed by atoms with Gasteiger partial charge in [-0.15, -0.1) is 0 Å². The van der Waals surface area contributed by atoms with Crippen LogP contribution in [0.2, 0.25) is 0 Å². The molecule has 2 aromatic heterocycles. The van der Waals surface area contributed by atoms with Crippen LogP contribution in [0.4, 0.5) is 0 Å². The van der Waals surface area contributed by atoms with Crippen molar-refractivity contribution in [1.29, 1.82) is 0 Å². The fourth-order valence-corrected chi connectivity index (χ4v) is 2.61. The predicted molar refractivity (Wildman–Crippen MR) is 95.4 cm³/mol. The summed E-state index contributed by atoms with van der Waals surface area (Å²) in [5.41, 5.74) is 0.436. The van der Waals surface area contributed by atoms with E-state index in [1.807, 2.05) is 13.8 Å². The molecule has 2 N–H and O–H groups in total. The summed E-state index contributed by atoms with van der Waals surface area (Å²) >= 11 is 5.22. The Kier molecular flexibility index (Phi) is 6.32. The highest BCUT2D eigenvalue weighted by atomic mass is 32.1. The molecule has 0 saturated carbocycles. The number of H-pyrrole nitrogens is 1. The standard InChI is InChI=1S/C16H21N3O6S/c1-9(2)24-7-6-19-11-4-5-18(12(11)13(20)17-16(19)26)8-25-15(23)10(3)14(21)22/h4-5,9-10H,6-8H2,1-3H3,(H,21,22)(H,17,20,26). The van der Waals surface area contributed by atoms with Crippen molar-refractivity contribution in [1.82, 2.24) is 14.1 Å². The number of esters is 1. The molecule has 0 radical (unpaired) electrons. The van der Waals surface area contributed by atoms with Gasteiger partial charge in [0.25, 0.3) is 5.56 Å². The molecule has 0 spiro atoms. The summed E-state index contributed by atoms with van der Waals surface area (Å²) in [4.78, 5) is 37.4. The number of hydrogen-bond donors (Lipinski definition) is 2. The van der Waals surface area contributed by atoms with Crippen molar-refractivity contribution < 1.29 is 24.2 Å². The number of nitrogens with zero attached hydrogens (tertiary/aromatic N) is 2. The Balaban J connectivity index is 2.28. The summed E-state index contributed by atoms with van der Waals surface area (Å²) in [5.74, 6) is -3.44. The topological polar surface area (TPSA) is 116 Å². The third-order valence-corrected chi connectivity index (χ3v) is 4.07. The number of carbonyl (C=O) groups is 2. The maximum absolute atomic E-state index is 12.3. The number of rotatable bonds is 8. The Labute approximate surface area is 154 Å². The quantitative estimate of drug-likeness (QED) is 0.403. The van der Waals surface area contributed by atoms with Crippen LogP contribution in [0.1, 0.15) is 20.8 Å². The highest BCUT2D eigenvalue weighted by molar-refractivity contribution is 7.71. The molecule has 0 aliphatic heterocycles. The molecule has 26 heavy (non-hydrogen) atoms. The van der Waals surface area contributed by atoms with Gasteiger partial charge in [0.1, 0.15) is 5.52 Å². The maximum atomic E-state index is 12.3. The van der Waals surface area contributed by atoms with Gasteiger partial charge in [-0.3, -0.25) is 19.4 Å². The summed E-state index contributed by atoms with van der Waals surface area (Å²) in [6, 6.07) is 1.68. The van der Waals surface area contributed by atoms with E-state index in [9.17, 15) is 14.4 Å². The summed E-state index contributed by atoms with van der Waals surface area (Å²) in [6.07, 6.45) is 1.65. The van der Waals surface area contributed by atoms with Crippen molar-refractivity contribution in [3.63, 3.8) is 0 Å². The fraction of sp³-hybridized carbons (Fsp3) is 0.500. The number of aromatic nitrogens is 3. The second-order valence-corrected chi connectivity index (χ2v) is 6.39. The third kappa shape index (κ3) is 4.38. The molecule has 1 unspecified atom stereocenters. The molecule has 1 atom stereocenters. The molecule has 10 heteroatoms. The molecular formula is C16H21N3O6S. The van der Waals surface area contributed by atoms with E-state index in [4.69, 9.17) is 26.8 Å². The smallest absolute Gasteiger partial charge is 0.321 e. The first kappa shape index (κ1) is 19.9. The van der Waals surface area contributed by atoms with Crippen LogP contribution in [0, 0.1) is 10.7 Å². The van der Waals surface area contributed by atoms with Crippen molar-refractivity contribution in [2.45, 2.75) is 40.2 Å². The van der Waals surface area contributed by atoms with Crippen LogP contribution in [0.25, 0.3) is 11.0 Å². The first-order valence-electron chi connectivity index (χ1n) is 8.05. The van der Waals surface area contributed by atoms with Gasteiger partial charge in [-0.05, 0) is 39.1 Å². The van der Waals surface area contributed by atoms with Gasteiger partial charge in [-0.1, -0.05) is 0 Å². The third-order valence-electron chi connectivity index (χ3n) is 3.75. The zero-order chi connectivity index (χ0) is 19.4. The number of carboxylic acid groups (broad SMARTS) is 1. The molecule has 0 aromatic carbocycles. The Morgan fingerprint density at radius 3 is 2.65 bits per heavy atom. The number of aliphatic carboxylic acids is 1. The maximum Gasteiger partial charge on any atom is 0.321 e. The van der Waals surface area contributed by atoms with Gasteiger partial charge in [-0.25, -0.2) is 0 Å². The van der Waals surface area contributed by atoms with Gasteiger partial charge in [0.2, 0.25) is 0 Å². The van der Waals surface area contributed by atoms with Crippen molar-refractivity contribution in [3.8, 4) is 0 Å². The van der Waals surface area contributed by atoms with E-state index in [2.05, 4.69) is 4.98 Å². The minimum Gasteiger partial charge on any atom is -0.481 e.